The Bertz CT molecular complexity index is 355. The van der Waals surface area contributed by atoms with Gasteiger partial charge in [-0.15, -0.1) is 0 Å². The van der Waals surface area contributed by atoms with Gasteiger partial charge in [0.05, 0.1) is 11.7 Å². The molecule has 0 amide bonds. The summed E-state index contributed by atoms with van der Waals surface area (Å²) in [5.41, 5.74) is -0.0116. The van der Waals surface area contributed by atoms with Crippen LogP contribution in [0.2, 0.25) is 0 Å². The van der Waals surface area contributed by atoms with Gasteiger partial charge in [0.2, 0.25) is 0 Å². The zero-order chi connectivity index (χ0) is 13.3. The van der Waals surface area contributed by atoms with Crippen molar-refractivity contribution in [1.82, 2.24) is 9.55 Å². The summed E-state index contributed by atoms with van der Waals surface area (Å²) in [5, 5.41) is 0. The first-order valence-electron chi connectivity index (χ1n) is 6.23. The van der Waals surface area contributed by atoms with Crippen molar-refractivity contribution in [3.8, 4) is 0 Å². The Morgan fingerprint density at radius 1 is 1.24 bits per heavy atom. The predicted octanol–water partition coefficient (Wildman–Crippen LogP) is 3.19. The first kappa shape index (κ1) is 14.2. The number of imidazole rings is 1. The molecule has 0 aromatic carbocycles. The Kier molecular flexibility index (Phi) is 4.03. The number of hydrogen-bond donors (Lipinski definition) is 0. The van der Waals surface area contributed by atoms with E-state index >= 15 is 0 Å². The summed E-state index contributed by atoms with van der Waals surface area (Å²) in [4.78, 5) is 4.38. The molecule has 3 heteroatoms. The zero-order valence-electron chi connectivity index (χ0n) is 12.2. The minimum atomic E-state index is -0.122. The lowest BCUT2D eigenvalue weighted by Gasteiger charge is -2.36. The molecule has 0 saturated carbocycles. The lowest BCUT2D eigenvalue weighted by molar-refractivity contribution is -0.105. The van der Waals surface area contributed by atoms with Crippen molar-refractivity contribution in [3.05, 3.63) is 18.2 Å². The molecule has 0 spiro atoms. The van der Waals surface area contributed by atoms with Crippen LogP contribution in [0.3, 0.4) is 0 Å². The molecule has 17 heavy (non-hydrogen) atoms. The zero-order valence-corrected chi connectivity index (χ0v) is 12.2. The molecule has 1 heterocycles. The summed E-state index contributed by atoms with van der Waals surface area (Å²) in [6.45, 7) is 12.9. The fourth-order valence-electron chi connectivity index (χ4n) is 1.71. The van der Waals surface area contributed by atoms with Crippen LogP contribution in [0.4, 0.5) is 0 Å². The van der Waals surface area contributed by atoms with Crippen LogP contribution in [0.1, 0.15) is 47.4 Å². The van der Waals surface area contributed by atoms with Gasteiger partial charge in [0.15, 0.2) is 0 Å². The molecule has 1 unspecified atom stereocenters. The molecule has 0 radical (unpaired) electrons. The summed E-state index contributed by atoms with van der Waals surface area (Å²) < 4.78 is 8.24. The molecule has 0 aliphatic heterocycles. The molecule has 0 aliphatic carbocycles. The number of hydrogen-bond acceptors (Lipinski definition) is 2. The molecule has 0 N–H and O–H groups in total. The first-order valence-corrected chi connectivity index (χ1v) is 6.23. The van der Waals surface area contributed by atoms with E-state index in [4.69, 9.17) is 4.74 Å². The van der Waals surface area contributed by atoms with Gasteiger partial charge >= 0.3 is 0 Å². The number of aryl methyl sites for hydroxylation is 1. The summed E-state index contributed by atoms with van der Waals surface area (Å²) in [5.74, 6) is 1.08. The number of rotatable bonds is 3. The third-order valence-corrected chi connectivity index (χ3v) is 2.75. The Balaban J connectivity index is 2.82. The first-order chi connectivity index (χ1) is 7.59. The monoisotopic (exact) mass is 238 g/mol. The van der Waals surface area contributed by atoms with Crippen LogP contribution in [0.5, 0.6) is 0 Å². The van der Waals surface area contributed by atoms with Crippen LogP contribution < -0.4 is 0 Å². The van der Waals surface area contributed by atoms with Crippen LogP contribution in [-0.4, -0.2) is 21.3 Å². The highest BCUT2D eigenvalue weighted by Crippen LogP contribution is 2.28. The van der Waals surface area contributed by atoms with E-state index in [1.165, 1.54) is 0 Å². The quantitative estimate of drug-likeness (QED) is 0.808. The lowest BCUT2D eigenvalue weighted by atomic mass is 9.86. The Morgan fingerprint density at radius 3 is 2.18 bits per heavy atom. The smallest absolute Gasteiger partial charge is 0.110 e. The fourth-order valence-corrected chi connectivity index (χ4v) is 1.71. The van der Waals surface area contributed by atoms with Crippen molar-refractivity contribution in [2.75, 3.05) is 0 Å². The number of nitrogens with zero attached hydrogens (tertiary/aromatic N) is 2. The van der Waals surface area contributed by atoms with E-state index in [1.54, 1.807) is 0 Å². The van der Waals surface area contributed by atoms with E-state index in [1.807, 2.05) is 19.4 Å². The second kappa shape index (κ2) is 4.81. The molecule has 3 nitrogen and oxygen atoms in total. The van der Waals surface area contributed by atoms with Gasteiger partial charge in [-0.05, 0) is 26.2 Å². The molecule has 1 aromatic rings. The summed E-state index contributed by atoms with van der Waals surface area (Å²) in [6.07, 6.45) is 4.84. The minimum absolute atomic E-state index is 0.110. The summed E-state index contributed by atoms with van der Waals surface area (Å²) in [7, 11) is 2.03. The third-order valence-electron chi connectivity index (χ3n) is 2.75. The van der Waals surface area contributed by atoms with E-state index in [0.29, 0.717) is 0 Å². The van der Waals surface area contributed by atoms with E-state index < -0.39 is 0 Å². The van der Waals surface area contributed by atoms with Gasteiger partial charge < -0.3 is 9.30 Å². The Hall–Kier alpha value is -0.830. The highest BCUT2D eigenvalue weighted by Gasteiger charge is 2.30. The van der Waals surface area contributed by atoms with Gasteiger partial charge in [-0.3, -0.25) is 0 Å². The topological polar surface area (TPSA) is 27.1 Å². The maximum atomic E-state index is 6.18. The van der Waals surface area contributed by atoms with Gasteiger partial charge in [0.1, 0.15) is 5.82 Å². The normalized spacial score (nSPS) is 15.0. The van der Waals surface area contributed by atoms with E-state index in [2.05, 4.69) is 51.1 Å². The van der Waals surface area contributed by atoms with Crippen molar-refractivity contribution in [1.29, 1.82) is 0 Å². The molecule has 0 saturated heterocycles. The summed E-state index contributed by atoms with van der Waals surface area (Å²) in [6, 6.07) is 0. The molecule has 98 valence electrons. The van der Waals surface area contributed by atoms with Crippen molar-refractivity contribution in [3.63, 3.8) is 0 Å². The number of aromatic nitrogens is 2. The third kappa shape index (κ3) is 4.50. The van der Waals surface area contributed by atoms with Gasteiger partial charge in [-0.25, -0.2) is 4.98 Å². The Morgan fingerprint density at radius 2 is 1.82 bits per heavy atom. The average Bonchev–Trinajstić information content (AvgIpc) is 2.46. The molecular weight excluding hydrogens is 212 g/mol. The largest absolute Gasteiger partial charge is 0.372 e. The fraction of sp³-hybridized carbons (Fsp3) is 0.786. The molecule has 0 bridgehead atoms. The van der Waals surface area contributed by atoms with E-state index in [9.17, 15) is 0 Å². The molecule has 1 rings (SSSR count). The van der Waals surface area contributed by atoms with Gasteiger partial charge in [-0.2, -0.15) is 0 Å². The molecular formula is C14H26N2O. The predicted molar refractivity (Wildman–Crippen MR) is 71.0 cm³/mol. The van der Waals surface area contributed by atoms with Crippen molar-refractivity contribution in [2.24, 2.45) is 12.5 Å². The average molecular weight is 238 g/mol. The minimum Gasteiger partial charge on any atom is -0.372 e. The van der Waals surface area contributed by atoms with Gasteiger partial charge in [-0.1, -0.05) is 20.8 Å². The summed E-state index contributed by atoms with van der Waals surface area (Å²) >= 11 is 0. The van der Waals surface area contributed by atoms with Crippen LogP contribution in [0.15, 0.2) is 12.4 Å². The molecule has 1 atom stereocenters. The van der Waals surface area contributed by atoms with Gasteiger partial charge in [0, 0.05) is 25.9 Å². The van der Waals surface area contributed by atoms with Crippen molar-refractivity contribution in [2.45, 2.75) is 59.7 Å². The molecule has 1 aromatic heterocycles. The highest BCUT2D eigenvalue weighted by atomic mass is 16.5. The van der Waals surface area contributed by atoms with Crippen LogP contribution in [0.25, 0.3) is 0 Å². The maximum absolute atomic E-state index is 6.18. The number of ether oxygens (including phenoxy) is 1. The molecule has 0 fully saturated rings. The second-order valence-electron chi connectivity index (χ2n) is 6.74. The van der Waals surface area contributed by atoms with Crippen LogP contribution in [-0.2, 0) is 18.2 Å². The van der Waals surface area contributed by atoms with Crippen LogP contribution >= 0.6 is 0 Å². The highest BCUT2D eigenvalue weighted by molar-refractivity contribution is 4.96. The standard InChI is InChI=1S/C14H26N2O/c1-13(2,3)11(17-14(4,5)6)10-12-15-8-9-16(12)7/h8-9,11H,10H2,1-7H3. The van der Waals surface area contributed by atoms with E-state index in [0.717, 1.165) is 12.2 Å². The van der Waals surface area contributed by atoms with E-state index in [-0.39, 0.29) is 17.1 Å². The molecule has 0 aliphatic rings. The second-order valence-corrected chi connectivity index (χ2v) is 6.74. The van der Waals surface area contributed by atoms with Gasteiger partial charge in [0.25, 0.3) is 0 Å². The SMILES string of the molecule is Cn1ccnc1CC(OC(C)(C)C)C(C)(C)C. The lowest BCUT2D eigenvalue weighted by Crippen LogP contribution is -2.38. The maximum Gasteiger partial charge on any atom is 0.110 e. The van der Waals surface area contributed by atoms with Crippen molar-refractivity contribution >= 4 is 0 Å². The van der Waals surface area contributed by atoms with Crippen molar-refractivity contribution < 1.29 is 4.74 Å². The van der Waals surface area contributed by atoms with Crippen LogP contribution in [0, 0.1) is 5.41 Å². The Labute approximate surface area is 105 Å².